The van der Waals surface area contributed by atoms with Crippen molar-refractivity contribution in [2.75, 3.05) is 5.75 Å². The van der Waals surface area contributed by atoms with Crippen LogP contribution in [-0.2, 0) is 0 Å². The molecule has 0 spiro atoms. The first kappa shape index (κ1) is 9.14. The Balaban J connectivity index is 2.34. The maximum absolute atomic E-state index is 3.80. The van der Waals surface area contributed by atoms with Crippen molar-refractivity contribution in [1.29, 1.82) is 0 Å². The summed E-state index contributed by atoms with van der Waals surface area (Å²) in [5.74, 6) is 1.86. The van der Waals surface area contributed by atoms with Crippen LogP contribution in [0.3, 0.4) is 0 Å². The molecule has 0 aromatic rings. The molecule has 64 valence electrons. The third-order valence-electron chi connectivity index (χ3n) is 2.22. The Morgan fingerprint density at radius 3 is 3.00 bits per heavy atom. The van der Waals surface area contributed by atoms with Crippen LogP contribution in [0.1, 0.15) is 20.3 Å². The molecule has 1 rings (SSSR count). The van der Waals surface area contributed by atoms with Gasteiger partial charge >= 0.3 is 0 Å². The number of nitrogens with one attached hydrogen (secondary N) is 1. The van der Waals surface area contributed by atoms with E-state index >= 15 is 0 Å². The SMILES string of the molecule is C=CC(C)C1NC(CC)CS1. The van der Waals surface area contributed by atoms with Crippen LogP contribution in [0, 0.1) is 5.92 Å². The van der Waals surface area contributed by atoms with Gasteiger partial charge in [-0.2, -0.15) is 0 Å². The third kappa shape index (κ3) is 2.24. The molecule has 1 aliphatic heterocycles. The van der Waals surface area contributed by atoms with E-state index in [0.717, 1.165) is 6.04 Å². The summed E-state index contributed by atoms with van der Waals surface area (Å²) in [5.41, 5.74) is 0. The summed E-state index contributed by atoms with van der Waals surface area (Å²) in [6.45, 7) is 8.26. The van der Waals surface area contributed by atoms with E-state index in [1.165, 1.54) is 12.2 Å². The predicted octanol–water partition coefficient (Wildman–Crippen LogP) is 2.25. The molecular weight excluding hydrogens is 154 g/mol. The van der Waals surface area contributed by atoms with Gasteiger partial charge in [-0.1, -0.05) is 19.9 Å². The van der Waals surface area contributed by atoms with Gasteiger partial charge < -0.3 is 5.32 Å². The second-order valence-corrected chi connectivity index (χ2v) is 4.30. The van der Waals surface area contributed by atoms with Gasteiger partial charge in [0.05, 0.1) is 5.37 Å². The van der Waals surface area contributed by atoms with Gasteiger partial charge in [0.25, 0.3) is 0 Å². The van der Waals surface area contributed by atoms with Crippen LogP contribution in [0.15, 0.2) is 12.7 Å². The summed E-state index contributed by atoms with van der Waals surface area (Å²) in [5, 5.41) is 4.19. The number of hydrogen-bond acceptors (Lipinski definition) is 2. The third-order valence-corrected chi connectivity index (χ3v) is 3.74. The molecule has 3 atom stereocenters. The van der Waals surface area contributed by atoms with Gasteiger partial charge in [-0.25, -0.2) is 0 Å². The van der Waals surface area contributed by atoms with Crippen molar-refractivity contribution in [3.8, 4) is 0 Å². The monoisotopic (exact) mass is 171 g/mol. The molecule has 0 aromatic heterocycles. The highest BCUT2D eigenvalue weighted by atomic mass is 32.2. The average molecular weight is 171 g/mol. The van der Waals surface area contributed by atoms with Crippen LogP contribution in [0.5, 0.6) is 0 Å². The van der Waals surface area contributed by atoms with Crippen molar-refractivity contribution in [2.45, 2.75) is 31.7 Å². The van der Waals surface area contributed by atoms with Crippen LogP contribution in [0.25, 0.3) is 0 Å². The topological polar surface area (TPSA) is 12.0 Å². The van der Waals surface area contributed by atoms with Crippen molar-refractivity contribution < 1.29 is 0 Å². The lowest BCUT2D eigenvalue weighted by Gasteiger charge is -2.15. The van der Waals surface area contributed by atoms with Crippen molar-refractivity contribution in [3.63, 3.8) is 0 Å². The molecule has 1 fully saturated rings. The van der Waals surface area contributed by atoms with Gasteiger partial charge in [-0.3, -0.25) is 0 Å². The first-order valence-corrected chi connectivity index (χ1v) is 5.33. The predicted molar refractivity (Wildman–Crippen MR) is 52.8 cm³/mol. The van der Waals surface area contributed by atoms with Crippen molar-refractivity contribution in [2.24, 2.45) is 5.92 Å². The molecule has 1 N–H and O–H groups in total. The van der Waals surface area contributed by atoms with E-state index in [2.05, 4.69) is 25.7 Å². The lowest BCUT2D eigenvalue weighted by atomic mass is 10.1. The van der Waals surface area contributed by atoms with E-state index in [1.807, 2.05) is 17.8 Å². The highest BCUT2D eigenvalue weighted by molar-refractivity contribution is 8.00. The number of thioether (sulfide) groups is 1. The minimum atomic E-state index is 0.594. The lowest BCUT2D eigenvalue weighted by Crippen LogP contribution is -2.32. The standard InChI is InChI=1S/C9H17NS/c1-4-7(3)9-10-8(5-2)6-11-9/h4,7-10H,1,5-6H2,2-3H3. The summed E-state index contributed by atoms with van der Waals surface area (Å²) in [4.78, 5) is 0. The molecule has 3 unspecified atom stereocenters. The van der Waals surface area contributed by atoms with E-state index in [4.69, 9.17) is 0 Å². The molecule has 0 bridgehead atoms. The summed E-state index contributed by atoms with van der Waals surface area (Å²) < 4.78 is 0. The molecule has 1 aliphatic rings. The van der Waals surface area contributed by atoms with Gasteiger partial charge in [0.2, 0.25) is 0 Å². The summed E-state index contributed by atoms with van der Waals surface area (Å²) in [6.07, 6.45) is 3.27. The molecular formula is C9H17NS. The minimum Gasteiger partial charge on any atom is -0.301 e. The van der Waals surface area contributed by atoms with Crippen LogP contribution >= 0.6 is 11.8 Å². The smallest absolute Gasteiger partial charge is 0.0595 e. The van der Waals surface area contributed by atoms with Gasteiger partial charge in [-0.05, 0) is 12.3 Å². The lowest BCUT2D eigenvalue weighted by molar-refractivity contribution is 0.499. The Kier molecular flexibility index (Phi) is 3.46. The zero-order chi connectivity index (χ0) is 8.27. The minimum absolute atomic E-state index is 0.594. The van der Waals surface area contributed by atoms with Crippen LogP contribution < -0.4 is 5.32 Å². The quantitative estimate of drug-likeness (QED) is 0.654. The van der Waals surface area contributed by atoms with Gasteiger partial charge in [-0.15, -0.1) is 18.3 Å². The van der Waals surface area contributed by atoms with Gasteiger partial charge in [0, 0.05) is 11.8 Å². The molecule has 0 saturated carbocycles. The van der Waals surface area contributed by atoms with Crippen LogP contribution in [0.4, 0.5) is 0 Å². The second kappa shape index (κ2) is 4.17. The fraction of sp³-hybridized carbons (Fsp3) is 0.778. The average Bonchev–Trinajstić information content (AvgIpc) is 2.50. The highest BCUT2D eigenvalue weighted by Gasteiger charge is 2.25. The maximum Gasteiger partial charge on any atom is 0.0595 e. The second-order valence-electron chi connectivity index (χ2n) is 3.12. The molecule has 0 aliphatic carbocycles. The summed E-state index contributed by atoms with van der Waals surface area (Å²) >= 11 is 2.03. The molecule has 0 radical (unpaired) electrons. The maximum atomic E-state index is 3.80. The first-order chi connectivity index (χ1) is 5.27. The summed E-state index contributed by atoms with van der Waals surface area (Å²) in [6, 6.07) is 0.729. The molecule has 1 nitrogen and oxygen atoms in total. The van der Waals surface area contributed by atoms with Crippen molar-refractivity contribution in [3.05, 3.63) is 12.7 Å². The van der Waals surface area contributed by atoms with Crippen molar-refractivity contribution in [1.82, 2.24) is 5.32 Å². The first-order valence-electron chi connectivity index (χ1n) is 4.28. The van der Waals surface area contributed by atoms with E-state index in [9.17, 15) is 0 Å². The van der Waals surface area contributed by atoms with E-state index in [1.54, 1.807) is 0 Å². The molecule has 0 amide bonds. The Bertz CT molecular complexity index is 136. The molecule has 1 saturated heterocycles. The van der Waals surface area contributed by atoms with Gasteiger partial charge in [0.1, 0.15) is 0 Å². The fourth-order valence-electron chi connectivity index (χ4n) is 1.21. The highest BCUT2D eigenvalue weighted by Crippen LogP contribution is 2.26. The summed E-state index contributed by atoms with van der Waals surface area (Å²) in [7, 11) is 0. The van der Waals surface area contributed by atoms with Crippen LogP contribution in [-0.4, -0.2) is 17.2 Å². The fourth-order valence-corrected chi connectivity index (χ4v) is 2.69. The number of rotatable bonds is 3. The Hall–Kier alpha value is 0.0500. The van der Waals surface area contributed by atoms with Gasteiger partial charge in [0.15, 0.2) is 0 Å². The zero-order valence-corrected chi connectivity index (χ0v) is 8.16. The largest absolute Gasteiger partial charge is 0.301 e. The van der Waals surface area contributed by atoms with Crippen molar-refractivity contribution >= 4 is 11.8 Å². The normalized spacial score (nSPS) is 33.6. The van der Waals surface area contributed by atoms with Crippen LogP contribution in [0.2, 0.25) is 0 Å². The van der Waals surface area contributed by atoms with E-state index in [-0.39, 0.29) is 0 Å². The molecule has 0 aromatic carbocycles. The molecule has 11 heavy (non-hydrogen) atoms. The Morgan fingerprint density at radius 1 is 1.82 bits per heavy atom. The number of hydrogen-bond donors (Lipinski definition) is 1. The van der Waals surface area contributed by atoms with E-state index < -0.39 is 0 Å². The zero-order valence-electron chi connectivity index (χ0n) is 7.34. The van der Waals surface area contributed by atoms with E-state index in [0.29, 0.717) is 11.3 Å². The molecule has 2 heteroatoms. The molecule has 1 heterocycles. The Labute approximate surface area is 73.6 Å². The Morgan fingerprint density at radius 2 is 2.55 bits per heavy atom.